The minimum atomic E-state index is -0.0157. The second kappa shape index (κ2) is 7.71. The van der Waals surface area contributed by atoms with Crippen LogP contribution in [0.5, 0.6) is 5.75 Å². The van der Waals surface area contributed by atoms with Crippen molar-refractivity contribution < 1.29 is 9.53 Å². The fourth-order valence-electron chi connectivity index (χ4n) is 2.19. The van der Waals surface area contributed by atoms with Gasteiger partial charge in [-0.25, -0.2) is 4.68 Å². The summed E-state index contributed by atoms with van der Waals surface area (Å²) in [5.41, 5.74) is 1.45. The molecule has 0 aliphatic rings. The van der Waals surface area contributed by atoms with Crippen LogP contribution >= 0.6 is 27.7 Å². The zero-order valence-corrected chi connectivity index (χ0v) is 15.8. The van der Waals surface area contributed by atoms with E-state index in [9.17, 15) is 4.79 Å². The molecule has 3 aromatic rings. The van der Waals surface area contributed by atoms with Crippen molar-refractivity contribution in [3.05, 3.63) is 58.6 Å². The first-order chi connectivity index (χ1) is 12.1. The van der Waals surface area contributed by atoms with Crippen LogP contribution in [0.3, 0.4) is 0 Å². The highest BCUT2D eigenvalue weighted by Crippen LogP contribution is 2.28. The number of rotatable bonds is 6. The lowest BCUT2D eigenvalue weighted by atomic mass is 10.1. The van der Waals surface area contributed by atoms with Crippen LogP contribution in [0.1, 0.15) is 10.4 Å². The third-order valence-corrected chi connectivity index (χ3v) is 5.16. The molecular formula is C17H15BrN4O2S. The number of benzene rings is 2. The maximum atomic E-state index is 12.3. The molecule has 0 saturated heterocycles. The third-order valence-electron chi connectivity index (χ3n) is 3.52. The second-order valence-electron chi connectivity index (χ2n) is 5.10. The summed E-state index contributed by atoms with van der Waals surface area (Å²) < 4.78 is 7.36. The molecule has 25 heavy (non-hydrogen) atoms. The summed E-state index contributed by atoms with van der Waals surface area (Å²) in [5.74, 6) is 7.54. The molecule has 2 N–H and O–H groups in total. The maximum absolute atomic E-state index is 12.3. The fourth-order valence-corrected chi connectivity index (χ4v) is 3.41. The summed E-state index contributed by atoms with van der Waals surface area (Å²) in [5, 5.41) is 8.69. The van der Waals surface area contributed by atoms with Gasteiger partial charge in [0.25, 0.3) is 0 Å². The predicted molar refractivity (Wildman–Crippen MR) is 101 cm³/mol. The molecule has 0 atom stereocenters. The van der Waals surface area contributed by atoms with Gasteiger partial charge in [-0.05, 0) is 36.4 Å². The second-order valence-corrected chi connectivity index (χ2v) is 6.89. The fraction of sp³-hybridized carbons (Fsp3) is 0.118. The first-order valence-electron chi connectivity index (χ1n) is 7.35. The van der Waals surface area contributed by atoms with Gasteiger partial charge in [0, 0.05) is 15.6 Å². The van der Waals surface area contributed by atoms with Crippen molar-refractivity contribution in [2.45, 2.75) is 5.16 Å². The number of hydrogen-bond donors (Lipinski definition) is 1. The van der Waals surface area contributed by atoms with Crippen LogP contribution in [0.25, 0.3) is 11.4 Å². The number of carbonyl (C=O) groups is 1. The largest absolute Gasteiger partial charge is 0.497 e. The average molecular weight is 419 g/mol. The average Bonchev–Trinajstić information content (AvgIpc) is 3.00. The number of nitrogens with two attached hydrogens (primary N) is 1. The minimum Gasteiger partial charge on any atom is -0.497 e. The molecule has 0 aliphatic heterocycles. The van der Waals surface area contributed by atoms with E-state index < -0.39 is 0 Å². The van der Waals surface area contributed by atoms with E-state index in [4.69, 9.17) is 10.6 Å². The summed E-state index contributed by atoms with van der Waals surface area (Å²) in [6.07, 6.45) is 0. The monoisotopic (exact) mass is 418 g/mol. The molecule has 0 radical (unpaired) electrons. The highest BCUT2D eigenvalue weighted by atomic mass is 79.9. The number of hydrogen-bond acceptors (Lipinski definition) is 6. The number of methoxy groups -OCH3 is 1. The van der Waals surface area contributed by atoms with Gasteiger partial charge in [0.1, 0.15) is 5.75 Å². The number of carbonyl (C=O) groups excluding carboxylic acids is 1. The molecule has 6 nitrogen and oxygen atoms in total. The van der Waals surface area contributed by atoms with Crippen LogP contribution in [-0.4, -0.2) is 33.5 Å². The zero-order valence-electron chi connectivity index (χ0n) is 13.3. The minimum absolute atomic E-state index is 0.0157. The Bertz CT molecular complexity index is 896. The SMILES string of the molecule is COc1ccc(C(=O)CSc2nnc(-c3ccccc3Br)n2N)cc1. The highest BCUT2D eigenvalue weighted by molar-refractivity contribution is 9.10. The van der Waals surface area contributed by atoms with Crippen molar-refractivity contribution in [2.24, 2.45) is 0 Å². The Hall–Kier alpha value is -2.32. The van der Waals surface area contributed by atoms with Gasteiger partial charge < -0.3 is 10.6 Å². The lowest BCUT2D eigenvalue weighted by Crippen LogP contribution is -2.13. The third kappa shape index (κ3) is 3.85. The van der Waals surface area contributed by atoms with Gasteiger partial charge in [-0.15, -0.1) is 10.2 Å². The van der Waals surface area contributed by atoms with Crippen molar-refractivity contribution in [1.82, 2.24) is 14.9 Å². The summed E-state index contributed by atoms with van der Waals surface area (Å²) in [6.45, 7) is 0. The molecule has 3 rings (SSSR count). The molecule has 0 bridgehead atoms. The molecule has 128 valence electrons. The Labute approximate surface area is 157 Å². The lowest BCUT2D eigenvalue weighted by Gasteiger charge is -2.05. The number of aromatic nitrogens is 3. The maximum Gasteiger partial charge on any atom is 0.210 e. The summed E-state index contributed by atoms with van der Waals surface area (Å²) >= 11 is 4.72. The van der Waals surface area contributed by atoms with Crippen molar-refractivity contribution in [2.75, 3.05) is 18.7 Å². The molecule has 2 aromatic carbocycles. The smallest absolute Gasteiger partial charge is 0.210 e. The van der Waals surface area contributed by atoms with Crippen LogP contribution in [0.2, 0.25) is 0 Å². The Morgan fingerprint density at radius 3 is 2.60 bits per heavy atom. The van der Waals surface area contributed by atoms with E-state index in [1.54, 1.807) is 31.4 Å². The number of nitrogen functional groups attached to an aromatic ring is 1. The molecule has 0 spiro atoms. The number of Topliss-reactive ketones (excluding diaryl/α,β-unsaturated/α-hetero) is 1. The molecule has 1 aromatic heterocycles. The Kier molecular flexibility index (Phi) is 5.40. The van der Waals surface area contributed by atoms with Crippen molar-refractivity contribution in [3.8, 4) is 17.1 Å². The molecular weight excluding hydrogens is 404 g/mol. The zero-order chi connectivity index (χ0) is 17.8. The highest BCUT2D eigenvalue weighted by Gasteiger charge is 2.16. The standard InChI is InChI=1S/C17H15BrN4O2S/c1-24-12-8-6-11(7-9-12)15(23)10-25-17-21-20-16(22(17)19)13-4-2-3-5-14(13)18/h2-9H,10,19H2,1H3. The van der Waals surface area contributed by atoms with Crippen molar-refractivity contribution in [3.63, 3.8) is 0 Å². The number of halogens is 1. The van der Waals surface area contributed by atoms with Gasteiger partial charge in [0.15, 0.2) is 11.6 Å². The molecule has 0 unspecified atom stereocenters. The van der Waals surface area contributed by atoms with E-state index in [2.05, 4.69) is 26.1 Å². The number of nitrogens with zero attached hydrogens (tertiary/aromatic N) is 3. The Balaban J connectivity index is 1.71. The molecule has 0 saturated carbocycles. The Morgan fingerprint density at radius 1 is 1.20 bits per heavy atom. The van der Waals surface area contributed by atoms with Crippen LogP contribution in [0.15, 0.2) is 58.2 Å². The Morgan fingerprint density at radius 2 is 1.92 bits per heavy atom. The first-order valence-corrected chi connectivity index (χ1v) is 9.13. The molecule has 1 heterocycles. The summed E-state index contributed by atoms with van der Waals surface area (Å²) in [4.78, 5) is 12.3. The van der Waals surface area contributed by atoms with E-state index >= 15 is 0 Å². The van der Waals surface area contributed by atoms with E-state index in [0.717, 1.165) is 10.0 Å². The first kappa shape index (κ1) is 17.5. The van der Waals surface area contributed by atoms with Crippen molar-refractivity contribution in [1.29, 1.82) is 0 Å². The van der Waals surface area contributed by atoms with E-state index in [0.29, 0.717) is 22.3 Å². The van der Waals surface area contributed by atoms with E-state index in [-0.39, 0.29) is 11.5 Å². The van der Waals surface area contributed by atoms with Gasteiger partial charge in [-0.3, -0.25) is 4.79 Å². The normalized spacial score (nSPS) is 10.6. The summed E-state index contributed by atoms with van der Waals surface area (Å²) in [6, 6.07) is 14.6. The lowest BCUT2D eigenvalue weighted by molar-refractivity contribution is 0.102. The number of ether oxygens (including phenoxy) is 1. The summed E-state index contributed by atoms with van der Waals surface area (Å²) in [7, 11) is 1.59. The van der Waals surface area contributed by atoms with Crippen LogP contribution in [0, 0.1) is 0 Å². The molecule has 8 heteroatoms. The van der Waals surface area contributed by atoms with Crippen LogP contribution < -0.4 is 10.6 Å². The van der Waals surface area contributed by atoms with E-state index in [1.165, 1.54) is 16.4 Å². The topological polar surface area (TPSA) is 83.0 Å². The van der Waals surface area contributed by atoms with Crippen LogP contribution in [-0.2, 0) is 0 Å². The number of ketones is 1. The van der Waals surface area contributed by atoms with E-state index in [1.807, 2.05) is 24.3 Å². The van der Waals surface area contributed by atoms with Crippen LogP contribution in [0.4, 0.5) is 0 Å². The van der Waals surface area contributed by atoms with Gasteiger partial charge in [-0.1, -0.05) is 39.8 Å². The van der Waals surface area contributed by atoms with Gasteiger partial charge in [0.2, 0.25) is 5.16 Å². The molecule has 0 fully saturated rings. The predicted octanol–water partition coefficient (Wildman–Crippen LogP) is 3.41. The quantitative estimate of drug-likeness (QED) is 0.375. The van der Waals surface area contributed by atoms with Gasteiger partial charge >= 0.3 is 0 Å². The van der Waals surface area contributed by atoms with Crippen molar-refractivity contribution >= 4 is 33.5 Å². The number of thioether (sulfide) groups is 1. The van der Waals surface area contributed by atoms with Gasteiger partial charge in [0.05, 0.1) is 12.9 Å². The molecule has 0 aliphatic carbocycles. The van der Waals surface area contributed by atoms with Gasteiger partial charge in [-0.2, -0.15) is 0 Å². The molecule has 0 amide bonds.